The number of nitrogens with zero attached hydrogens (tertiary/aromatic N) is 1. The van der Waals surface area contributed by atoms with Crippen molar-refractivity contribution in [2.75, 3.05) is 20.1 Å². The number of carbonyl (C=O) groups excluding carboxylic acids is 1. The van der Waals surface area contributed by atoms with E-state index in [9.17, 15) is 13.6 Å². The third kappa shape index (κ3) is 3.26. The fourth-order valence-electron chi connectivity index (χ4n) is 2.00. The Labute approximate surface area is 109 Å². The van der Waals surface area contributed by atoms with Crippen LogP contribution in [0.4, 0.5) is 8.78 Å². The highest BCUT2D eigenvalue weighted by atomic mass is 32.1. The van der Waals surface area contributed by atoms with Crippen LogP contribution in [0.5, 0.6) is 0 Å². The Morgan fingerprint density at radius 2 is 2.44 bits per heavy atom. The van der Waals surface area contributed by atoms with Gasteiger partial charge in [0, 0.05) is 24.9 Å². The molecule has 1 atom stereocenters. The van der Waals surface area contributed by atoms with Crippen molar-refractivity contribution in [3.05, 3.63) is 22.4 Å². The minimum Gasteiger partial charge on any atom is -0.344 e. The second-order valence-corrected chi connectivity index (χ2v) is 5.61. The Bertz CT molecular complexity index is 408. The van der Waals surface area contributed by atoms with E-state index in [0.717, 1.165) is 6.42 Å². The largest absolute Gasteiger partial charge is 0.344 e. The summed E-state index contributed by atoms with van der Waals surface area (Å²) in [6.45, 7) is 0.158. The van der Waals surface area contributed by atoms with Gasteiger partial charge in [0.25, 0.3) is 5.92 Å². The number of halogens is 2. The third-order valence-corrected chi connectivity index (χ3v) is 3.99. The molecule has 18 heavy (non-hydrogen) atoms. The van der Waals surface area contributed by atoms with Crippen LogP contribution in [-0.4, -0.2) is 42.9 Å². The van der Waals surface area contributed by atoms with E-state index in [2.05, 4.69) is 5.32 Å². The molecule has 6 heteroatoms. The van der Waals surface area contributed by atoms with Crippen LogP contribution in [0.2, 0.25) is 0 Å². The van der Waals surface area contributed by atoms with Crippen LogP contribution < -0.4 is 5.32 Å². The van der Waals surface area contributed by atoms with E-state index in [0.29, 0.717) is 6.54 Å². The molecule has 0 aromatic carbocycles. The second-order valence-electron chi connectivity index (χ2n) is 4.58. The predicted octanol–water partition coefficient (Wildman–Crippen LogP) is 1.75. The van der Waals surface area contributed by atoms with Gasteiger partial charge in [-0.25, -0.2) is 8.78 Å². The lowest BCUT2D eigenvalue weighted by Gasteiger charge is -2.20. The normalized spacial score (nSPS) is 22.1. The molecular weight excluding hydrogens is 258 g/mol. The fraction of sp³-hybridized carbons (Fsp3) is 0.583. The van der Waals surface area contributed by atoms with Crippen LogP contribution in [0.3, 0.4) is 0 Å². The highest BCUT2D eigenvalue weighted by Crippen LogP contribution is 2.25. The molecule has 0 saturated carbocycles. The standard InChI is InChI=1S/C12H16F2N2OS/c1-16(5-4-9-3-2-6-18-9)11(17)10-7-12(13,14)8-15-10/h2-3,6,10,15H,4-5,7-8H2,1H3. The molecule has 1 aliphatic heterocycles. The molecule has 0 aliphatic carbocycles. The Hall–Kier alpha value is -1.01. The summed E-state index contributed by atoms with van der Waals surface area (Å²) >= 11 is 1.64. The Morgan fingerprint density at radius 3 is 3.00 bits per heavy atom. The molecule has 2 rings (SSSR count). The highest BCUT2D eigenvalue weighted by Gasteiger charge is 2.42. The third-order valence-electron chi connectivity index (χ3n) is 3.06. The number of hydrogen-bond acceptors (Lipinski definition) is 3. The number of alkyl halides is 2. The first-order chi connectivity index (χ1) is 8.48. The van der Waals surface area contributed by atoms with E-state index < -0.39 is 24.9 Å². The molecule has 0 spiro atoms. The number of likely N-dealkylation sites (N-methyl/N-ethyl adjacent to an activating group) is 1. The van der Waals surface area contributed by atoms with Crippen molar-refractivity contribution in [3.8, 4) is 0 Å². The van der Waals surface area contributed by atoms with Crippen molar-refractivity contribution in [2.24, 2.45) is 0 Å². The van der Waals surface area contributed by atoms with Crippen molar-refractivity contribution >= 4 is 17.2 Å². The molecule has 1 amide bonds. The zero-order valence-corrected chi connectivity index (χ0v) is 11.0. The van der Waals surface area contributed by atoms with Crippen molar-refractivity contribution in [2.45, 2.75) is 24.8 Å². The quantitative estimate of drug-likeness (QED) is 0.907. The summed E-state index contributed by atoms with van der Waals surface area (Å²) in [5.74, 6) is -3.00. The monoisotopic (exact) mass is 274 g/mol. The zero-order chi connectivity index (χ0) is 13.2. The van der Waals surface area contributed by atoms with Gasteiger partial charge in [-0.1, -0.05) is 6.07 Å². The smallest absolute Gasteiger partial charge is 0.262 e. The first-order valence-electron chi connectivity index (χ1n) is 5.86. The Kier molecular flexibility index (Phi) is 3.97. The number of rotatable bonds is 4. The van der Waals surface area contributed by atoms with Gasteiger partial charge in [0.1, 0.15) is 0 Å². The van der Waals surface area contributed by atoms with Crippen molar-refractivity contribution in [1.29, 1.82) is 0 Å². The molecule has 1 aromatic heterocycles. The summed E-state index contributed by atoms with van der Waals surface area (Å²) in [5, 5.41) is 4.56. The van der Waals surface area contributed by atoms with Gasteiger partial charge >= 0.3 is 0 Å². The van der Waals surface area contributed by atoms with E-state index in [4.69, 9.17) is 0 Å². The SMILES string of the molecule is CN(CCc1cccs1)C(=O)C1CC(F)(F)CN1. The maximum atomic E-state index is 13.0. The van der Waals surface area contributed by atoms with Crippen molar-refractivity contribution < 1.29 is 13.6 Å². The molecule has 1 unspecified atom stereocenters. The second kappa shape index (κ2) is 5.32. The molecular formula is C12H16F2N2OS. The van der Waals surface area contributed by atoms with E-state index in [1.165, 1.54) is 9.78 Å². The lowest BCUT2D eigenvalue weighted by molar-refractivity contribution is -0.132. The lowest BCUT2D eigenvalue weighted by atomic mass is 10.1. The van der Waals surface area contributed by atoms with Crippen molar-refractivity contribution in [3.63, 3.8) is 0 Å². The summed E-state index contributed by atoms with van der Waals surface area (Å²) in [7, 11) is 1.66. The summed E-state index contributed by atoms with van der Waals surface area (Å²) in [6, 6.07) is 3.22. The summed E-state index contributed by atoms with van der Waals surface area (Å²) in [6.07, 6.45) is 0.373. The average Bonchev–Trinajstić information content (AvgIpc) is 2.94. The topological polar surface area (TPSA) is 32.3 Å². The maximum absolute atomic E-state index is 13.0. The number of hydrogen-bond donors (Lipinski definition) is 1. The average molecular weight is 274 g/mol. The molecule has 1 N–H and O–H groups in total. The van der Waals surface area contributed by atoms with Crippen LogP contribution in [0.25, 0.3) is 0 Å². The number of nitrogens with one attached hydrogen (secondary N) is 1. The van der Waals surface area contributed by atoms with E-state index >= 15 is 0 Å². The number of carbonyl (C=O) groups is 1. The summed E-state index contributed by atoms with van der Waals surface area (Å²) < 4.78 is 26.0. The molecule has 2 heterocycles. The van der Waals surface area contributed by atoms with Gasteiger partial charge in [0.2, 0.25) is 5.91 Å². The number of amides is 1. The zero-order valence-electron chi connectivity index (χ0n) is 10.2. The van der Waals surface area contributed by atoms with E-state index in [-0.39, 0.29) is 5.91 Å². The van der Waals surface area contributed by atoms with Gasteiger partial charge in [-0.15, -0.1) is 11.3 Å². The molecule has 0 radical (unpaired) electrons. The molecule has 1 aliphatic rings. The molecule has 1 aromatic rings. The highest BCUT2D eigenvalue weighted by molar-refractivity contribution is 7.09. The van der Waals surface area contributed by atoms with Crippen LogP contribution in [0, 0.1) is 0 Å². The van der Waals surface area contributed by atoms with E-state index in [1.54, 1.807) is 18.4 Å². The first-order valence-corrected chi connectivity index (χ1v) is 6.74. The molecule has 1 saturated heterocycles. The Balaban J connectivity index is 1.82. The minimum atomic E-state index is -2.76. The fourth-order valence-corrected chi connectivity index (χ4v) is 2.70. The van der Waals surface area contributed by atoms with Crippen LogP contribution in [-0.2, 0) is 11.2 Å². The van der Waals surface area contributed by atoms with Gasteiger partial charge in [-0.3, -0.25) is 10.1 Å². The molecule has 0 bridgehead atoms. The summed E-state index contributed by atoms with van der Waals surface area (Å²) in [5.41, 5.74) is 0. The van der Waals surface area contributed by atoms with Crippen LogP contribution >= 0.6 is 11.3 Å². The van der Waals surface area contributed by atoms with Gasteiger partial charge in [0.15, 0.2) is 0 Å². The van der Waals surface area contributed by atoms with Crippen molar-refractivity contribution in [1.82, 2.24) is 10.2 Å². The number of thiophene rings is 1. The van der Waals surface area contributed by atoms with Gasteiger partial charge in [-0.2, -0.15) is 0 Å². The predicted molar refractivity (Wildman–Crippen MR) is 67.0 cm³/mol. The molecule has 1 fully saturated rings. The molecule has 100 valence electrons. The minimum absolute atomic E-state index is 0.247. The maximum Gasteiger partial charge on any atom is 0.262 e. The molecule has 3 nitrogen and oxygen atoms in total. The van der Waals surface area contributed by atoms with Gasteiger partial charge in [0.05, 0.1) is 12.6 Å². The van der Waals surface area contributed by atoms with E-state index in [1.807, 2.05) is 17.5 Å². The first kappa shape index (κ1) is 13.4. The van der Waals surface area contributed by atoms with Gasteiger partial charge in [-0.05, 0) is 17.9 Å². The van der Waals surface area contributed by atoms with Crippen LogP contribution in [0.1, 0.15) is 11.3 Å². The Morgan fingerprint density at radius 1 is 1.67 bits per heavy atom. The van der Waals surface area contributed by atoms with Crippen LogP contribution in [0.15, 0.2) is 17.5 Å². The lowest BCUT2D eigenvalue weighted by Crippen LogP contribution is -2.42. The summed E-state index contributed by atoms with van der Waals surface area (Å²) in [4.78, 5) is 14.6. The van der Waals surface area contributed by atoms with Gasteiger partial charge < -0.3 is 4.90 Å².